The molecule has 3 unspecified atom stereocenters. The molecule has 1 aromatic rings. The summed E-state index contributed by atoms with van der Waals surface area (Å²) >= 11 is 0. The Morgan fingerprint density at radius 3 is 2.95 bits per heavy atom. The Morgan fingerprint density at radius 2 is 2.20 bits per heavy atom. The average Bonchev–Trinajstić information content (AvgIpc) is 3.00. The van der Waals surface area contributed by atoms with Crippen LogP contribution in [0.5, 0.6) is 0 Å². The fraction of sp³-hybridized carbons (Fsp3) is 0.500. The Balaban J connectivity index is 1.68. The maximum absolute atomic E-state index is 12.3. The molecule has 1 saturated carbocycles. The van der Waals surface area contributed by atoms with Crippen LogP contribution in [0, 0.1) is 5.92 Å². The van der Waals surface area contributed by atoms with E-state index in [-0.39, 0.29) is 29.7 Å². The van der Waals surface area contributed by atoms with E-state index in [1.807, 2.05) is 12.1 Å². The number of hydrogen-bond donors (Lipinski definition) is 2. The lowest BCUT2D eigenvalue weighted by atomic mass is 9.95. The standard InChI is InChI=1S/C16H19NO3/c1-10(8-14(18)19)17-15(20)13-9-16(13)7-6-11-4-2-3-5-12(11)16/h2-5,10,13H,6-9H2,1H3,(H,17,20)(H,18,19). The molecule has 1 amide bonds. The summed E-state index contributed by atoms with van der Waals surface area (Å²) in [6, 6.07) is 8.05. The lowest BCUT2D eigenvalue weighted by Crippen LogP contribution is -2.36. The molecule has 0 bridgehead atoms. The quantitative estimate of drug-likeness (QED) is 0.880. The van der Waals surface area contributed by atoms with Crippen LogP contribution < -0.4 is 5.32 Å². The first kappa shape index (κ1) is 13.2. The molecule has 20 heavy (non-hydrogen) atoms. The number of nitrogens with one attached hydrogen (secondary N) is 1. The second-order valence-corrected chi connectivity index (χ2v) is 6.08. The summed E-state index contributed by atoms with van der Waals surface area (Å²) in [6.45, 7) is 1.74. The second-order valence-electron chi connectivity index (χ2n) is 6.08. The fourth-order valence-corrected chi connectivity index (χ4v) is 3.60. The topological polar surface area (TPSA) is 66.4 Å². The third-order valence-corrected chi connectivity index (χ3v) is 4.66. The summed E-state index contributed by atoms with van der Waals surface area (Å²) in [5, 5.41) is 11.6. The van der Waals surface area contributed by atoms with Crippen LogP contribution in [0.25, 0.3) is 0 Å². The van der Waals surface area contributed by atoms with Crippen molar-refractivity contribution in [3.05, 3.63) is 35.4 Å². The highest BCUT2D eigenvalue weighted by Gasteiger charge is 2.61. The van der Waals surface area contributed by atoms with Crippen LogP contribution >= 0.6 is 0 Å². The van der Waals surface area contributed by atoms with Crippen molar-refractivity contribution in [1.29, 1.82) is 0 Å². The molecule has 1 aromatic carbocycles. The summed E-state index contributed by atoms with van der Waals surface area (Å²) < 4.78 is 0. The summed E-state index contributed by atoms with van der Waals surface area (Å²) in [5.74, 6) is -0.854. The number of carbonyl (C=O) groups is 2. The number of aryl methyl sites for hydroxylation is 1. The van der Waals surface area contributed by atoms with Gasteiger partial charge in [0.15, 0.2) is 0 Å². The molecule has 1 fully saturated rings. The number of carbonyl (C=O) groups excluding carboxylic acids is 1. The number of carboxylic acid groups (broad SMARTS) is 1. The predicted molar refractivity (Wildman–Crippen MR) is 74.4 cm³/mol. The van der Waals surface area contributed by atoms with Crippen LogP contribution in [0.3, 0.4) is 0 Å². The van der Waals surface area contributed by atoms with Crippen molar-refractivity contribution in [2.75, 3.05) is 0 Å². The van der Waals surface area contributed by atoms with Crippen molar-refractivity contribution >= 4 is 11.9 Å². The number of aliphatic carboxylic acids is 1. The van der Waals surface area contributed by atoms with Gasteiger partial charge in [-0.15, -0.1) is 0 Å². The Morgan fingerprint density at radius 1 is 1.45 bits per heavy atom. The minimum atomic E-state index is -0.880. The van der Waals surface area contributed by atoms with Gasteiger partial charge in [-0.25, -0.2) is 0 Å². The van der Waals surface area contributed by atoms with E-state index in [1.165, 1.54) is 11.1 Å². The Hall–Kier alpha value is -1.84. The Labute approximate surface area is 118 Å². The zero-order valence-corrected chi connectivity index (χ0v) is 11.6. The minimum absolute atomic E-state index is 0.00968. The maximum atomic E-state index is 12.3. The predicted octanol–water partition coefficient (Wildman–Crippen LogP) is 1.87. The second kappa shape index (κ2) is 4.62. The zero-order chi connectivity index (χ0) is 14.3. The number of carboxylic acids is 1. The number of hydrogen-bond acceptors (Lipinski definition) is 2. The maximum Gasteiger partial charge on any atom is 0.305 e. The molecule has 0 saturated heterocycles. The van der Waals surface area contributed by atoms with Crippen molar-refractivity contribution < 1.29 is 14.7 Å². The molecule has 3 rings (SSSR count). The van der Waals surface area contributed by atoms with Crippen molar-refractivity contribution in [1.82, 2.24) is 5.32 Å². The fourth-order valence-electron chi connectivity index (χ4n) is 3.60. The normalized spacial score (nSPS) is 27.9. The summed E-state index contributed by atoms with van der Waals surface area (Å²) in [7, 11) is 0. The molecule has 0 heterocycles. The van der Waals surface area contributed by atoms with E-state index >= 15 is 0 Å². The molecule has 0 radical (unpaired) electrons. The van der Waals surface area contributed by atoms with Crippen LogP contribution in [0.1, 0.15) is 37.3 Å². The van der Waals surface area contributed by atoms with Crippen molar-refractivity contribution in [2.24, 2.45) is 5.92 Å². The molecule has 4 nitrogen and oxygen atoms in total. The summed E-state index contributed by atoms with van der Waals surface area (Å²) in [5.41, 5.74) is 2.72. The molecule has 2 aliphatic rings. The van der Waals surface area contributed by atoms with Gasteiger partial charge in [0.05, 0.1) is 6.42 Å². The SMILES string of the molecule is CC(CC(=O)O)NC(=O)C1CC12CCc1ccccc12. The van der Waals surface area contributed by atoms with Crippen LogP contribution in [-0.2, 0) is 21.4 Å². The third-order valence-electron chi connectivity index (χ3n) is 4.66. The first-order chi connectivity index (χ1) is 9.53. The minimum Gasteiger partial charge on any atom is -0.481 e. The molecule has 0 aromatic heterocycles. The molecule has 1 spiro atoms. The van der Waals surface area contributed by atoms with E-state index in [2.05, 4.69) is 17.4 Å². The lowest BCUT2D eigenvalue weighted by Gasteiger charge is -2.14. The molecular formula is C16H19NO3. The summed E-state index contributed by atoms with van der Waals surface area (Å²) in [4.78, 5) is 22.9. The van der Waals surface area contributed by atoms with Gasteiger partial charge in [-0.05, 0) is 37.3 Å². The monoisotopic (exact) mass is 273 g/mol. The van der Waals surface area contributed by atoms with Gasteiger partial charge in [-0.2, -0.15) is 0 Å². The van der Waals surface area contributed by atoms with Crippen molar-refractivity contribution in [3.8, 4) is 0 Å². The van der Waals surface area contributed by atoms with Crippen molar-refractivity contribution in [2.45, 2.75) is 44.1 Å². The highest BCUT2D eigenvalue weighted by molar-refractivity contribution is 5.85. The number of rotatable bonds is 4. The molecule has 2 N–H and O–H groups in total. The van der Waals surface area contributed by atoms with Gasteiger partial charge in [0.25, 0.3) is 0 Å². The first-order valence-corrected chi connectivity index (χ1v) is 7.13. The Bertz CT molecular complexity index is 569. The van der Waals surface area contributed by atoms with Crippen LogP contribution in [-0.4, -0.2) is 23.0 Å². The highest BCUT2D eigenvalue weighted by atomic mass is 16.4. The van der Waals surface area contributed by atoms with Gasteiger partial charge in [0, 0.05) is 17.4 Å². The zero-order valence-electron chi connectivity index (χ0n) is 11.6. The van der Waals surface area contributed by atoms with E-state index < -0.39 is 5.97 Å². The average molecular weight is 273 g/mol. The van der Waals surface area contributed by atoms with E-state index in [0.29, 0.717) is 0 Å². The van der Waals surface area contributed by atoms with E-state index in [4.69, 9.17) is 5.11 Å². The third kappa shape index (κ3) is 2.09. The molecular weight excluding hydrogens is 254 g/mol. The van der Waals surface area contributed by atoms with Gasteiger partial charge >= 0.3 is 5.97 Å². The molecule has 3 atom stereocenters. The van der Waals surface area contributed by atoms with Gasteiger partial charge < -0.3 is 10.4 Å². The number of amides is 1. The molecule has 2 aliphatic carbocycles. The Kier molecular flexibility index (Phi) is 3.04. The van der Waals surface area contributed by atoms with E-state index in [0.717, 1.165) is 19.3 Å². The molecule has 4 heteroatoms. The van der Waals surface area contributed by atoms with Crippen molar-refractivity contribution in [3.63, 3.8) is 0 Å². The lowest BCUT2D eigenvalue weighted by molar-refractivity contribution is -0.137. The van der Waals surface area contributed by atoms with Crippen LogP contribution in [0.15, 0.2) is 24.3 Å². The van der Waals surface area contributed by atoms with Gasteiger partial charge in [0.2, 0.25) is 5.91 Å². The van der Waals surface area contributed by atoms with Gasteiger partial charge in [0.1, 0.15) is 0 Å². The van der Waals surface area contributed by atoms with E-state index in [1.54, 1.807) is 6.92 Å². The molecule has 0 aliphatic heterocycles. The van der Waals surface area contributed by atoms with Crippen LogP contribution in [0.2, 0.25) is 0 Å². The van der Waals surface area contributed by atoms with Gasteiger partial charge in [-0.1, -0.05) is 24.3 Å². The smallest absolute Gasteiger partial charge is 0.305 e. The number of benzene rings is 1. The largest absolute Gasteiger partial charge is 0.481 e. The van der Waals surface area contributed by atoms with Gasteiger partial charge in [-0.3, -0.25) is 9.59 Å². The highest BCUT2D eigenvalue weighted by Crippen LogP contribution is 2.61. The molecule has 106 valence electrons. The van der Waals surface area contributed by atoms with E-state index in [9.17, 15) is 9.59 Å². The first-order valence-electron chi connectivity index (χ1n) is 7.13. The van der Waals surface area contributed by atoms with Crippen LogP contribution in [0.4, 0.5) is 0 Å². The summed E-state index contributed by atoms with van der Waals surface area (Å²) in [6.07, 6.45) is 2.96. The number of fused-ring (bicyclic) bond motifs is 2.